The van der Waals surface area contributed by atoms with E-state index in [1.807, 2.05) is 0 Å². The molecule has 7 heteroatoms. The molecule has 0 aliphatic carbocycles. The van der Waals surface area contributed by atoms with Crippen LogP contribution in [0.1, 0.15) is 11.4 Å². The Kier molecular flexibility index (Phi) is 3.24. The van der Waals surface area contributed by atoms with Crippen molar-refractivity contribution >= 4 is 13.7 Å². The lowest BCUT2D eigenvalue weighted by Crippen LogP contribution is -1.94. The second kappa shape index (κ2) is 4.23. The summed E-state index contributed by atoms with van der Waals surface area (Å²) in [5, 5.41) is 19.5. The molecule has 74 valence electrons. The van der Waals surface area contributed by atoms with Gasteiger partial charge in [-0.2, -0.15) is 4.89 Å². The van der Waals surface area contributed by atoms with Crippen molar-refractivity contribution in [2.75, 3.05) is 0 Å². The molecule has 6 nitrogen and oxygen atoms in total. The summed E-state index contributed by atoms with van der Waals surface area (Å²) in [6.07, 6.45) is 0. The van der Waals surface area contributed by atoms with Gasteiger partial charge in [0.1, 0.15) is 0 Å². The average molecular weight is 216 g/mol. The van der Waals surface area contributed by atoms with Gasteiger partial charge in [0.25, 0.3) is 5.69 Å². The Morgan fingerprint density at radius 3 is 2.64 bits per heavy atom. The predicted molar refractivity (Wildman–Crippen MR) is 47.9 cm³/mol. The number of nitrogens with zero attached hydrogens (tertiary/aromatic N) is 1. The Balaban J connectivity index is 3.05. The molecule has 0 aliphatic rings. The van der Waals surface area contributed by atoms with Gasteiger partial charge in [-0.1, -0.05) is 12.1 Å². The Morgan fingerprint density at radius 1 is 1.50 bits per heavy atom. The molecule has 0 spiro atoms. The van der Waals surface area contributed by atoms with Crippen molar-refractivity contribution in [1.29, 1.82) is 0 Å². The maximum atomic E-state index is 10.5. The van der Waals surface area contributed by atoms with Gasteiger partial charge in [-0.05, 0) is 4.57 Å². The first kappa shape index (κ1) is 10.7. The molecular formula is C7H7NO5P+. The molecule has 0 aromatic heterocycles. The van der Waals surface area contributed by atoms with E-state index in [-0.39, 0.29) is 11.3 Å². The number of benzene rings is 1. The number of nitro benzene ring substituents is 1. The van der Waals surface area contributed by atoms with E-state index in [9.17, 15) is 14.7 Å². The summed E-state index contributed by atoms with van der Waals surface area (Å²) < 4.78 is 10.5. The molecule has 14 heavy (non-hydrogen) atoms. The minimum absolute atomic E-state index is 0.0582. The lowest BCUT2D eigenvalue weighted by Gasteiger charge is -1.97. The van der Waals surface area contributed by atoms with Crippen LogP contribution in [0.5, 0.6) is 0 Å². The summed E-state index contributed by atoms with van der Waals surface area (Å²) in [6.45, 7) is 0. The molecule has 1 aromatic rings. The van der Waals surface area contributed by atoms with Gasteiger partial charge in [0.05, 0.1) is 4.92 Å². The number of aliphatic hydroxyl groups is 1. The Hall–Kier alpha value is -1.36. The molecule has 1 aromatic carbocycles. The van der Waals surface area contributed by atoms with Gasteiger partial charge in [0, 0.05) is 17.7 Å². The first-order valence-corrected chi connectivity index (χ1v) is 4.88. The van der Waals surface area contributed by atoms with Gasteiger partial charge in [-0.3, -0.25) is 10.1 Å². The van der Waals surface area contributed by atoms with Gasteiger partial charge in [0.15, 0.2) is 0 Å². The third-order valence-electron chi connectivity index (χ3n) is 1.59. The Bertz CT molecular complexity index is 380. The largest absolute Gasteiger partial charge is 0.542 e. The van der Waals surface area contributed by atoms with E-state index in [1.165, 1.54) is 18.2 Å². The molecular weight excluding hydrogens is 209 g/mol. The summed E-state index contributed by atoms with van der Waals surface area (Å²) >= 11 is 0. The number of rotatable bonds is 3. The van der Waals surface area contributed by atoms with Crippen LogP contribution in [-0.2, 0) is 4.57 Å². The van der Waals surface area contributed by atoms with Crippen molar-refractivity contribution in [2.45, 2.75) is 5.85 Å². The number of aliphatic hydroxyl groups excluding tert-OH is 1. The van der Waals surface area contributed by atoms with Crippen LogP contribution < -0.4 is 0 Å². The third-order valence-corrected chi connectivity index (χ3v) is 2.30. The quantitative estimate of drug-likeness (QED) is 0.450. The van der Waals surface area contributed by atoms with Crippen LogP contribution in [0.15, 0.2) is 24.3 Å². The van der Waals surface area contributed by atoms with E-state index in [1.54, 1.807) is 0 Å². The van der Waals surface area contributed by atoms with Crippen molar-refractivity contribution in [2.24, 2.45) is 0 Å². The molecule has 0 heterocycles. The van der Waals surface area contributed by atoms with Crippen LogP contribution in [0.3, 0.4) is 0 Å². The van der Waals surface area contributed by atoms with E-state index in [0.29, 0.717) is 0 Å². The molecule has 0 radical (unpaired) electrons. The maximum Gasteiger partial charge on any atom is 0.542 e. The summed E-state index contributed by atoms with van der Waals surface area (Å²) in [6, 6.07) is 4.99. The SMILES string of the molecule is O=[N+]([O-])c1cccc(C(O)[P+](=O)O)c1. The van der Waals surface area contributed by atoms with Crippen molar-refractivity contribution in [1.82, 2.24) is 0 Å². The highest BCUT2D eigenvalue weighted by Gasteiger charge is 2.29. The summed E-state index contributed by atoms with van der Waals surface area (Å²) in [4.78, 5) is 18.3. The lowest BCUT2D eigenvalue weighted by atomic mass is 10.2. The minimum atomic E-state index is -2.79. The van der Waals surface area contributed by atoms with Crippen LogP contribution in [0.4, 0.5) is 5.69 Å². The van der Waals surface area contributed by atoms with Gasteiger partial charge in [-0.25, -0.2) is 0 Å². The number of hydrogen-bond acceptors (Lipinski definition) is 4. The van der Waals surface area contributed by atoms with Crippen LogP contribution in [0, 0.1) is 10.1 Å². The van der Waals surface area contributed by atoms with Crippen LogP contribution in [0.25, 0.3) is 0 Å². The zero-order chi connectivity index (χ0) is 10.7. The second-order valence-electron chi connectivity index (χ2n) is 2.53. The normalized spacial score (nSPS) is 13.4. The molecule has 2 atom stereocenters. The van der Waals surface area contributed by atoms with E-state index in [0.717, 1.165) is 6.07 Å². The number of non-ortho nitro benzene ring substituents is 1. The predicted octanol–water partition coefficient (Wildman–Crippen LogP) is 1.32. The van der Waals surface area contributed by atoms with Crippen LogP contribution >= 0.6 is 8.03 Å². The van der Waals surface area contributed by atoms with E-state index in [2.05, 4.69) is 0 Å². The first-order valence-electron chi connectivity index (χ1n) is 3.60. The van der Waals surface area contributed by atoms with Gasteiger partial charge >= 0.3 is 13.9 Å². The molecule has 1 rings (SSSR count). The number of hydrogen-bond donors (Lipinski definition) is 2. The van der Waals surface area contributed by atoms with Crippen molar-refractivity contribution in [3.63, 3.8) is 0 Å². The Labute approximate surface area is 79.8 Å². The fraction of sp³-hybridized carbons (Fsp3) is 0.143. The molecule has 0 amide bonds. The molecule has 0 saturated heterocycles. The van der Waals surface area contributed by atoms with Gasteiger partial charge in [0.2, 0.25) is 0 Å². The molecule has 0 fully saturated rings. The number of nitro groups is 1. The highest BCUT2D eigenvalue weighted by atomic mass is 31.1. The summed E-state index contributed by atoms with van der Waals surface area (Å²) in [5.74, 6) is -1.58. The first-order chi connectivity index (χ1) is 6.52. The molecule has 2 N–H and O–H groups in total. The standard InChI is InChI=1S/C7H6NO5P/c9-7(14(12)13)5-2-1-3-6(4-5)8(10)11/h1-4,7,9H/p+1. The molecule has 0 saturated carbocycles. The highest BCUT2D eigenvalue weighted by molar-refractivity contribution is 7.38. The highest BCUT2D eigenvalue weighted by Crippen LogP contribution is 2.35. The zero-order valence-corrected chi connectivity index (χ0v) is 7.79. The minimum Gasteiger partial charge on any atom is -0.345 e. The zero-order valence-electron chi connectivity index (χ0n) is 6.90. The van der Waals surface area contributed by atoms with Gasteiger partial charge in [-0.15, -0.1) is 0 Å². The smallest absolute Gasteiger partial charge is 0.345 e. The van der Waals surface area contributed by atoms with Gasteiger partial charge < -0.3 is 5.11 Å². The van der Waals surface area contributed by atoms with E-state index >= 15 is 0 Å². The van der Waals surface area contributed by atoms with Crippen LogP contribution in [0.2, 0.25) is 0 Å². The average Bonchev–Trinajstić information content (AvgIpc) is 2.16. The fourth-order valence-electron chi connectivity index (χ4n) is 0.926. The van der Waals surface area contributed by atoms with Crippen LogP contribution in [-0.4, -0.2) is 14.9 Å². The Morgan fingerprint density at radius 2 is 2.14 bits per heavy atom. The molecule has 0 bridgehead atoms. The van der Waals surface area contributed by atoms with Crippen molar-refractivity contribution < 1.29 is 19.5 Å². The fourth-order valence-corrected chi connectivity index (χ4v) is 1.34. The molecule has 0 aliphatic heterocycles. The lowest BCUT2D eigenvalue weighted by molar-refractivity contribution is -0.384. The van der Waals surface area contributed by atoms with E-state index < -0.39 is 18.8 Å². The third kappa shape index (κ3) is 2.32. The molecule has 2 unspecified atom stereocenters. The topological polar surface area (TPSA) is 101 Å². The van der Waals surface area contributed by atoms with Crippen molar-refractivity contribution in [3.8, 4) is 0 Å². The second-order valence-corrected chi connectivity index (χ2v) is 3.62. The van der Waals surface area contributed by atoms with Crippen molar-refractivity contribution in [3.05, 3.63) is 39.9 Å². The van der Waals surface area contributed by atoms with E-state index in [4.69, 9.17) is 10.00 Å². The monoisotopic (exact) mass is 216 g/mol. The summed E-state index contributed by atoms with van der Waals surface area (Å²) in [7, 11) is -2.79. The maximum absolute atomic E-state index is 10.5. The summed E-state index contributed by atoms with van der Waals surface area (Å²) in [5.41, 5.74) is -0.166.